The van der Waals surface area contributed by atoms with E-state index in [0.29, 0.717) is 16.6 Å². The minimum atomic E-state index is -0.612. The molecule has 2 heterocycles. The lowest BCUT2D eigenvalue weighted by molar-refractivity contribution is 0.0946. The van der Waals surface area contributed by atoms with E-state index in [-0.39, 0.29) is 11.5 Å². The maximum absolute atomic E-state index is 12.0. The molecule has 0 unspecified atom stereocenters. The zero-order chi connectivity index (χ0) is 20.4. The van der Waals surface area contributed by atoms with Crippen molar-refractivity contribution in [1.82, 2.24) is 20.3 Å². The SMILES string of the molecule is Nc1nonc1C(=O)N/N=C/c1cn(Cc2ccc(Cl)c(Cl)c2)c2ccccc12. The number of fused-ring (bicyclic) bond motifs is 1. The lowest BCUT2D eigenvalue weighted by Gasteiger charge is -2.06. The fourth-order valence-corrected chi connectivity index (χ4v) is 3.23. The van der Waals surface area contributed by atoms with Crippen LogP contribution in [0.5, 0.6) is 0 Å². The molecular formula is C19H14Cl2N6O2. The van der Waals surface area contributed by atoms with E-state index in [2.05, 4.69) is 30.0 Å². The lowest BCUT2D eigenvalue weighted by atomic mass is 10.2. The molecule has 0 aliphatic rings. The number of nitrogens with zero attached hydrogens (tertiary/aromatic N) is 4. The van der Waals surface area contributed by atoms with Crippen LogP contribution in [0.15, 0.2) is 58.4 Å². The van der Waals surface area contributed by atoms with Crippen molar-refractivity contribution in [3.8, 4) is 0 Å². The van der Waals surface area contributed by atoms with Crippen LogP contribution in [0.3, 0.4) is 0 Å². The molecule has 0 aliphatic heterocycles. The van der Waals surface area contributed by atoms with E-state index >= 15 is 0 Å². The van der Waals surface area contributed by atoms with Crippen molar-refractivity contribution < 1.29 is 9.42 Å². The second-order valence-electron chi connectivity index (χ2n) is 6.18. The van der Waals surface area contributed by atoms with E-state index in [9.17, 15) is 4.79 Å². The van der Waals surface area contributed by atoms with Gasteiger partial charge in [-0.15, -0.1) is 0 Å². The van der Waals surface area contributed by atoms with E-state index in [1.54, 1.807) is 12.3 Å². The van der Waals surface area contributed by atoms with Gasteiger partial charge in [0.05, 0.1) is 16.3 Å². The first-order chi connectivity index (χ1) is 14.0. The molecule has 3 N–H and O–H groups in total. The topological polar surface area (TPSA) is 111 Å². The number of aromatic nitrogens is 3. The van der Waals surface area contributed by atoms with Gasteiger partial charge in [0.25, 0.3) is 5.91 Å². The second-order valence-corrected chi connectivity index (χ2v) is 6.99. The molecule has 10 heteroatoms. The molecule has 2 aromatic heterocycles. The summed E-state index contributed by atoms with van der Waals surface area (Å²) >= 11 is 12.1. The Morgan fingerprint density at radius 3 is 2.79 bits per heavy atom. The van der Waals surface area contributed by atoms with Crippen LogP contribution >= 0.6 is 23.2 Å². The van der Waals surface area contributed by atoms with Gasteiger partial charge < -0.3 is 10.3 Å². The number of hydrazone groups is 1. The van der Waals surface area contributed by atoms with Crippen LogP contribution in [0.2, 0.25) is 10.0 Å². The summed E-state index contributed by atoms with van der Waals surface area (Å²) in [5.74, 6) is -0.713. The van der Waals surface area contributed by atoms with Crippen molar-refractivity contribution in [3.05, 3.63) is 75.5 Å². The quantitative estimate of drug-likeness (QED) is 0.371. The number of hydrogen-bond acceptors (Lipinski definition) is 6. The molecule has 0 spiro atoms. The minimum Gasteiger partial charge on any atom is -0.379 e. The third-order valence-corrected chi connectivity index (χ3v) is 4.99. The van der Waals surface area contributed by atoms with E-state index in [0.717, 1.165) is 22.0 Å². The number of nitrogens with two attached hydrogens (primary N) is 1. The first-order valence-corrected chi connectivity index (χ1v) is 9.22. The summed E-state index contributed by atoms with van der Waals surface area (Å²) in [6.45, 7) is 0.596. The Morgan fingerprint density at radius 1 is 1.21 bits per heavy atom. The summed E-state index contributed by atoms with van der Waals surface area (Å²) in [6.07, 6.45) is 3.49. The van der Waals surface area contributed by atoms with Gasteiger partial charge in [0.2, 0.25) is 11.5 Å². The predicted octanol–water partition coefficient (Wildman–Crippen LogP) is 3.73. The molecule has 29 heavy (non-hydrogen) atoms. The van der Waals surface area contributed by atoms with Crippen LogP contribution in [-0.2, 0) is 6.54 Å². The number of nitrogens with one attached hydrogen (secondary N) is 1. The average molecular weight is 429 g/mol. The Balaban J connectivity index is 1.59. The zero-order valence-electron chi connectivity index (χ0n) is 14.8. The van der Waals surface area contributed by atoms with Crippen LogP contribution in [0, 0.1) is 0 Å². The highest BCUT2D eigenvalue weighted by atomic mass is 35.5. The molecule has 4 aromatic rings. The Bertz CT molecular complexity index is 1230. The van der Waals surface area contributed by atoms with Crippen LogP contribution in [0.1, 0.15) is 21.6 Å². The fraction of sp³-hybridized carbons (Fsp3) is 0.0526. The van der Waals surface area contributed by atoms with Crippen molar-refractivity contribution in [2.45, 2.75) is 6.54 Å². The smallest absolute Gasteiger partial charge is 0.297 e. The van der Waals surface area contributed by atoms with Gasteiger partial charge in [-0.1, -0.05) is 47.5 Å². The van der Waals surface area contributed by atoms with Crippen molar-refractivity contribution in [2.75, 3.05) is 5.73 Å². The monoisotopic (exact) mass is 428 g/mol. The van der Waals surface area contributed by atoms with Gasteiger partial charge >= 0.3 is 0 Å². The molecule has 0 radical (unpaired) electrons. The number of carbonyl (C=O) groups excluding carboxylic acids is 1. The molecule has 0 aliphatic carbocycles. The molecule has 8 nitrogen and oxygen atoms in total. The van der Waals surface area contributed by atoms with Gasteiger partial charge in [0.1, 0.15) is 0 Å². The molecule has 146 valence electrons. The predicted molar refractivity (Wildman–Crippen MR) is 111 cm³/mol. The third kappa shape index (κ3) is 3.94. The first-order valence-electron chi connectivity index (χ1n) is 8.46. The third-order valence-electron chi connectivity index (χ3n) is 4.26. The molecule has 4 rings (SSSR count). The van der Waals surface area contributed by atoms with Crippen LogP contribution < -0.4 is 11.2 Å². The normalized spacial score (nSPS) is 11.4. The van der Waals surface area contributed by atoms with E-state index in [1.165, 1.54) is 0 Å². The highest BCUT2D eigenvalue weighted by Crippen LogP contribution is 2.25. The highest BCUT2D eigenvalue weighted by molar-refractivity contribution is 6.42. The summed E-state index contributed by atoms with van der Waals surface area (Å²) in [4.78, 5) is 12.0. The minimum absolute atomic E-state index is 0.101. The number of para-hydroxylation sites is 1. The van der Waals surface area contributed by atoms with Crippen LogP contribution in [0.4, 0.5) is 5.82 Å². The van der Waals surface area contributed by atoms with Crippen LogP contribution in [0.25, 0.3) is 10.9 Å². The van der Waals surface area contributed by atoms with Gasteiger partial charge in [-0.3, -0.25) is 4.79 Å². The van der Waals surface area contributed by atoms with Gasteiger partial charge in [-0.25, -0.2) is 10.1 Å². The largest absolute Gasteiger partial charge is 0.379 e. The van der Waals surface area contributed by atoms with Crippen LogP contribution in [-0.4, -0.2) is 27.0 Å². The molecular weight excluding hydrogens is 415 g/mol. The Morgan fingerprint density at radius 2 is 2.03 bits per heavy atom. The second kappa shape index (κ2) is 7.94. The van der Waals surface area contributed by atoms with Crippen molar-refractivity contribution >= 4 is 52.0 Å². The van der Waals surface area contributed by atoms with Gasteiger partial charge in [-0.2, -0.15) is 5.10 Å². The van der Waals surface area contributed by atoms with Crippen molar-refractivity contribution in [2.24, 2.45) is 5.10 Å². The molecule has 2 aromatic carbocycles. The molecule has 0 saturated heterocycles. The standard InChI is InChI=1S/C19H14Cl2N6O2/c20-14-6-5-11(7-15(14)21)9-27-10-12(13-3-1-2-4-16(13)27)8-23-24-19(28)17-18(22)26-29-25-17/h1-8,10H,9H2,(H2,22,26)(H,24,28)/b23-8+. The Labute approximate surface area is 174 Å². The summed E-state index contributed by atoms with van der Waals surface area (Å²) in [5, 5.41) is 12.8. The molecule has 0 saturated carbocycles. The van der Waals surface area contributed by atoms with Crippen molar-refractivity contribution in [1.29, 1.82) is 0 Å². The molecule has 0 fully saturated rings. The van der Waals surface area contributed by atoms with E-state index in [4.69, 9.17) is 28.9 Å². The summed E-state index contributed by atoms with van der Waals surface area (Å²) in [5.41, 5.74) is 10.6. The maximum Gasteiger partial charge on any atom is 0.297 e. The fourth-order valence-electron chi connectivity index (χ4n) is 2.91. The number of hydrogen-bond donors (Lipinski definition) is 2. The summed E-state index contributed by atoms with van der Waals surface area (Å²) in [6, 6.07) is 13.4. The highest BCUT2D eigenvalue weighted by Gasteiger charge is 2.15. The number of rotatable bonds is 5. The Kier molecular flexibility index (Phi) is 5.20. The number of halogens is 2. The lowest BCUT2D eigenvalue weighted by Crippen LogP contribution is -2.19. The zero-order valence-corrected chi connectivity index (χ0v) is 16.4. The number of carbonyl (C=O) groups is 1. The van der Waals surface area contributed by atoms with Crippen molar-refractivity contribution in [3.63, 3.8) is 0 Å². The van der Waals surface area contributed by atoms with Gasteiger partial charge in [-0.05, 0) is 34.1 Å². The average Bonchev–Trinajstić information content (AvgIpc) is 3.29. The number of anilines is 1. The number of nitrogen functional groups attached to an aromatic ring is 1. The Hall–Kier alpha value is -3.36. The summed E-state index contributed by atoms with van der Waals surface area (Å²) in [7, 11) is 0. The van der Waals surface area contributed by atoms with Gasteiger partial charge in [0, 0.05) is 29.2 Å². The number of benzene rings is 2. The summed E-state index contributed by atoms with van der Waals surface area (Å²) < 4.78 is 6.47. The molecule has 0 atom stereocenters. The molecule has 0 bridgehead atoms. The van der Waals surface area contributed by atoms with E-state index in [1.807, 2.05) is 42.6 Å². The maximum atomic E-state index is 12.0. The van der Waals surface area contributed by atoms with Gasteiger partial charge in [0.15, 0.2) is 0 Å². The number of amides is 1. The molecule has 1 amide bonds. The first kappa shape index (κ1) is 19.0. The van der Waals surface area contributed by atoms with E-state index < -0.39 is 5.91 Å².